The quantitative estimate of drug-likeness (QED) is 0.619. The predicted molar refractivity (Wildman–Crippen MR) is 107 cm³/mol. The second-order valence-electron chi connectivity index (χ2n) is 7.39. The number of aromatic nitrogens is 4. The zero-order valence-electron chi connectivity index (χ0n) is 16.4. The van der Waals surface area contributed by atoms with Crippen molar-refractivity contribution < 1.29 is 9.47 Å². The Kier molecular flexibility index (Phi) is 5.55. The molecule has 146 valence electrons. The summed E-state index contributed by atoms with van der Waals surface area (Å²) in [5.74, 6) is 2.07. The molecule has 1 unspecified atom stereocenters. The molecule has 0 aliphatic carbocycles. The Morgan fingerprint density at radius 3 is 2.68 bits per heavy atom. The van der Waals surface area contributed by atoms with Gasteiger partial charge in [-0.25, -0.2) is 0 Å². The molecule has 28 heavy (non-hydrogen) atoms. The maximum atomic E-state index is 6.21. The Morgan fingerprint density at radius 2 is 1.93 bits per heavy atom. The first-order valence-corrected chi connectivity index (χ1v) is 9.97. The van der Waals surface area contributed by atoms with Crippen LogP contribution in [0, 0.1) is 6.92 Å². The number of benzene rings is 2. The Bertz CT molecular complexity index is 907. The zero-order chi connectivity index (χ0) is 19.3. The fourth-order valence-corrected chi connectivity index (χ4v) is 3.58. The summed E-state index contributed by atoms with van der Waals surface area (Å²) in [6, 6.07) is 13.1. The van der Waals surface area contributed by atoms with Gasteiger partial charge in [-0.05, 0) is 42.5 Å². The molecular weight excluding hydrogens is 352 g/mol. The first-order chi connectivity index (χ1) is 13.7. The number of ether oxygens (including phenoxy) is 2. The van der Waals surface area contributed by atoms with Crippen LogP contribution < -0.4 is 9.47 Å². The summed E-state index contributed by atoms with van der Waals surface area (Å²) in [5.41, 5.74) is 4.94. The van der Waals surface area contributed by atoms with E-state index >= 15 is 0 Å². The van der Waals surface area contributed by atoms with Gasteiger partial charge in [0.1, 0.15) is 6.61 Å². The number of H-pyrrole nitrogens is 1. The minimum absolute atomic E-state index is 0.353. The number of rotatable bonds is 7. The lowest BCUT2D eigenvalue weighted by Gasteiger charge is -2.27. The second-order valence-corrected chi connectivity index (χ2v) is 7.39. The maximum Gasteiger partial charge on any atom is 0.218 e. The molecule has 2 heterocycles. The Labute approximate surface area is 165 Å². The number of fused-ring (bicyclic) bond motifs is 1. The van der Waals surface area contributed by atoms with Crippen LogP contribution in [0.25, 0.3) is 0 Å². The average Bonchev–Trinajstić information content (AvgIpc) is 3.24. The summed E-state index contributed by atoms with van der Waals surface area (Å²) in [6.07, 6.45) is 5.39. The third kappa shape index (κ3) is 4.16. The lowest BCUT2D eigenvalue weighted by atomic mass is 9.99. The van der Waals surface area contributed by atoms with Gasteiger partial charge < -0.3 is 9.47 Å². The van der Waals surface area contributed by atoms with E-state index in [4.69, 9.17) is 9.47 Å². The highest BCUT2D eigenvalue weighted by Crippen LogP contribution is 2.40. The molecule has 0 radical (unpaired) electrons. The molecule has 0 saturated carbocycles. The first kappa shape index (κ1) is 18.5. The standard InChI is InChI=1S/C22H26N4O2/c1-3-4-5-6-16-7-9-17(10-8-16)13-18-11-15(2)12-19-21(18)28-20(14-27-19)22-23-25-26-24-22/h7-12,20H,3-6,13-14H2,1-2H3,(H,23,24,25,26). The molecule has 1 aliphatic heterocycles. The van der Waals surface area contributed by atoms with Gasteiger partial charge >= 0.3 is 0 Å². The molecule has 0 bridgehead atoms. The molecule has 1 aliphatic rings. The van der Waals surface area contributed by atoms with E-state index in [0.717, 1.165) is 35.5 Å². The van der Waals surface area contributed by atoms with Crippen molar-refractivity contribution >= 4 is 0 Å². The SMILES string of the molecule is CCCCCc1ccc(Cc2cc(C)cc3c2OC(c2nn[nH]n2)CO3)cc1. The molecule has 6 nitrogen and oxygen atoms in total. The molecule has 2 aromatic carbocycles. The number of unbranched alkanes of at least 4 members (excludes halogenated alkanes) is 2. The zero-order valence-corrected chi connectivity index (χ0v) is 16.4. The number of hydrogen-bond donors (Lipinski definition) is 1. The topological polar surface area (TPSA) is 72.9 Å². The highest BCUT2D eigenvalue weighted by molar-refractivity contribution is 5.52. The number of aryl methyl sites for hydroxylation is 2. The van der Waals surface area contributed by atoms with Crippen molar-refractivity contribution in [1.29, 1.82) is 0 Å². The van der Waals surface area contributed by atoms with Crippen LogP contribution in [0.1, 0.15) is 60.4 Å². The number of hydrogen-bond acceptors (Lipinski definition) is 5. The van der Waals surface area contributed by atoms with Crippen LogP contribution in [-0.4, -0.2) is 27.2 Å². The van der Waals surface area contributed by atoms with Gasteiger partial charge in [0, 0.05) is 12.0 Å². The third-order valence-corrected chi connectivity index (χ3v) is 5.06. The van der Waals surface area contributed by atoms with Gasteiger partial charge in [0.25, 0.3) is 0 Å². The van der Waals surface area contributed by atoms with Gasteiger partial charge in [-0.15, -0.1) is 10.2 Å². The average molecular weight is 378 g/mol. The Hall–Kier alpha value is -2.89. The first-order valence-electron chi connectivity index (χ1n) is 9.97. The molecule has 0 amide bonds. The molecule has 1 atom stereocenters. The number of nitrogens with zero attached hydrogens (tertiary/aromatic N) is 3. The van der Waals surface area contributed by atoms with Crippen LogP contribution in [0.3, 0.4) is 0 Å². The summed E-state index contributed by atoms with van der Waals surface area (Å²) < 4.78 is 12.2. The molecule has 4 rings (SSSR count). The van der Waals surface area contributed by atoms with Crippen LogP contribution in [-0.2, 0) is 12.8 Å². The van der Waals surface area contributed by atoms with Gasteiger partial charge in [-0.3, -0.25) is 0 Å². The van der Waals surface area contributed by atoms with E-state index < -0.39 is 0 Å². The lowest BCUT2D eigenvalue weighted by Crippen LogP contribution is -2.23. The molecule has 1 N–H and O–H groups in total. The van der Waals surface area contributed by atoms with E-state index in [9.17, 15) is 0 Å². The minimum Gasteiger partial charge on any atom is -0.485 e. The molecule has 1 aromatic heterocycles. The molecule has 0 saturated heterocycles. The lowest BCUT2D eigenvalue weighted by molar-refractivity contribution is 0.0838. The fraction of sp³-hybridized carbons (Fsp3) is 0.409. The summed E-state index contributed by atoms with van der Waals surface area (Å²) >= 11 is 0. The maximum absolute atomic E-state index is 6.21. The minimum atomic E-state index is -0.353. The Balaban J connectivity index is 1.53. The summed E-state index contributed by atoms with van der Waals surface area (Å²) in [6.45, 7) is 4.69. The van der Waals surface area contributed by atoms with E-state index in [-0.39, 0.29) is 6.10 Å². The number of aromatic amines is 1. The van der Waals surface area contributed by atoms with Crippen molar-refractivity contribution in [3.05, 3.63) is 64.5 Å². The van der Waals surface area contributed by atoms with Gasteiger partial charge in [-0.1, -0.05) is 55.3 Å². The van der Waals surface area contributed by atoms with Crippen molar-refractivity contribution in [3.8, 4) is 11.5 Å². The van der Waals surface area contributed by atoms with Crippen molar-refractivity contribution in [2.45, 2.75) is 52.1 Å². The van der Waals surface area contributed by atoms with Crippen LogP contribution in [0.4, 0.5) is 0 Å². The molecule has 6 heteroatoms. The van der Waals surface area contributed by atoms with Crippen LogP contribution in [0.2, 0.25) is 0 Å². The van der Waals surface area contributed by atoms with Gasteiger partial charge in [0.15, 0.2) is 17.6 Å². The van der Waals surface area contributed by atoms with Crippen LogP contribution in [0.5, 0.6) is 11.5 Å². The molecule has 3 aromatic rings. The highest BCUT2D eigenvalue weighted by Gasteiger charge is 2.28. The van der Waals surface area contributed by atoms with Crippen molar-refractivity contribution in [1.82, 2.24) is 20.6 Å². The smallest absolute Gasteiger partial charge is 0.218 e. The second kappa shape index (κ2) is 8.42. The molecule has 0 spiro atoms. The van der Waals surface area contributed by atoms with E-state index in [1.54, 1.807) is 0 Å². The van der Waals surface area contributed by atoms with E-state index in [1.165, 1.54) is 30.4 Å². The van der Waals surface area contributed by atoms with E-state index in [0.29, 0.717) is 12.4 Å². The van der Waals surface area contributed by atoms with Crippen LogP contribution in [0.15, 0.2) is 36.4 Å². The summed E-state index contributed by atoms with van der Waals surface area (Å²) in [7, 11) is 0. The fourth-order valence-electron chi connectivity index (χ4n) is 3.58. The summed E-state index contributed by atoms with van der Waals surface area (Å²) in [5, 5.41) is 14.2. The normalized spacial score (nSPS) is 15.6. The predicted octanol–water partition coefficient (Wildman–Crippen LogP) is 4.34. The van der Waals surface area contributed by atoms with Gasteiger partial charge in [0.05, 0.1) is 0 Å². The monoisotopic (exact) mass is 378 g/mol. The van der Waals surface area contributed by atoms with Crippen molar-refractivity contribution in [2.75, 3.05) is 6.61 Å². The molecular formula is C22H26N4O2. The number of tetrazole rings is 1. The third-order valence-electron chi connectivity index (χ3n) is 5.06. The Morgan fingerprint density at radius 1 is 1.11 bits per heavy atom. The summed E-state index contributed by atoms with van der Waals surface area (Å²) in [4.78, 5) is 0. The highest BCUT2D eigenvalue weighted by atomic mass is 16.6. The molecule has 0 fully saturated rings. The van der Waals surface area contributed by atoms with Gasteiger partial charge in [-0.2, -0.15) is 5.21 Å². The van der Waals surface area contributed by atoms with E-state index in [2.05, 4.69) is 64.8 Å². The van der Waals surface area contributed by atoms with E-state index in [1.807, 2.05) is 6.07 Å². The largest absolute Gasteiger partial charge is 0.485 e. The van der Waals surface area contributed by atoms with Gasteiger partial charge in [0.2, 0.25) is 5.82 Å². The number of nitrogens with one attached hydrogen (secondary N) is 1. The van der Waals surface area contributed by atoms with Crippen molar-refractivity contribution in [3.63, 3.8) is 0 Å². The van der Waals surface area contributed by atoms with Crippen LogP contribution >= 0.6 is 0 Å². The van der Waals surface area contributed by atoms with Crippen molar-refractivity contribution in [2.24, 2.45) is 0 Å².